The van der Waals surface area contributed by atoms with Crippen LogP contribution in [-0.2, 0) is 0 Å². The second-order valence-electron chi connectivity index (χ2n) is 2.20. The zero-order valence-corrected chi connectivity index (χ0v) is 5.74. The van der Waals surface area contributed by atoms with Crippen molar-refractivity contribution in [3.05, 3.63) is 34.4 Å². The smallest absolute Gasteiger partial charge is 0.336 e. The Labute approximate surface area is 62.9 Å². The van der Waals surface area contributed by atoms with Gasteiger partial charge in [-0.15, -0.1) is 0 Å². The molecule has 56 valence electrons. The van der Waals surface area contributed by atoms with Crippen molar-refractivity contribution < 1.29 is 9.15 Å². The Morgan fingerprint density at radius 2 is 2.27 bits per heavy atom. The molecule has 0 fully saturated rings. The van der Waals surface area contributed by atoms with Gasteiger partial charge in [-0.3, -0.25) is 0 Å². The van der Waals surface area contributed by atoms with Gasteiger partial charge in [0.1, 0.15) is 6.61 Å². The molecule has 0 spiro atoms. The van der Waals surface area contributed by atoms with Crippen molar-refractivity contribution in [1.29, 1.82) is 0 Å². The molecule has 1 aliphatic heterocycles. The largest absolute Gasteiger partial charge is 0.486 e. The second kappa shape index (κ2) is 2.27. The molecule has 0 radical (unpaired) electrons. The van der Waals surface area contributed by atoms with Crippen LogP contribution in [0.3, 0.4) is 0 Å². The molecule has 1 aromatic heterocycles. The lowest BCUT2D eigenvalue weighted by molar-refractivity contribution is 0.334. The lowest BCUT2D eigenvalue weighted by Gasteiger charge is -2.08. The molecule has 0 aliphatic carbocycles. The summed E-state index contributed by atoms with van der Waals surface area (Å²) in [5, 5.41) is 0. The molecule has 0 unspecified atom stereocenters. The summed E-state index contributed by atoms with van der Waals surface area (Å²) in [6.07, 6.45) is 3.53. The Kier molecular flexibility index (Phi) is 1.28. The molecule has 0 aromatic carbocycles. The summed E-state index contributed by atoms with van der Waals surface area (Å²) < 4.78 is 9.99. The first-order valence-electron chi connectivity index (χ1n) is 3.30. The van der Waals surface area contributed by atoms with Gasteiger partial charge in [-0.1, -0.05) is 0 Å². The molecule has 1 aliphatic rings. The molecule has 11 heavy (non-hydrogen) atoms. The van der Waals surface area contributed by atoms with E-state index in [-0.39, 0.29) is 5.63 Å². The topological polar surface area (TPSA) is 39.4 Å². The molecule has 2 rings (SSSR count). The average molecular weight is 150 g/mol. The summed E-state index contributed by atoms with van der Waals surface area (Å²) in [6.45, 7) is 0.542. The van der Waals surface area contributed by atoms with E-state index in [4.69, 9.17) is 9.15 Å². The van der Waals surface area contributed by atoms with E-state index in [9.17, 15) is 4.79 Å². The number of hydrogen-bond acceptors (Lipinski definition) is 3. The van der Waals surface area contributed by atoms with Crippen molar-refractivity contribution in [2.24, 2.45) is 0 Å². The molecule has 2 heterocycles. The molecule has 0 bridgehead atoms. The maximum Gasteiger partial charge on any atom is 0.336 e. The molecule has 0 N–H and O–H groups in total. The molecule has 3 nitrogen and oxygen atoms in total. The number of ether oxygens (including phenoxy) is 1. The normalized spacial score (nSPS) is 13.8. The lowest BCUT2D eigenvalue weighted by Crippen LogP contribution is -2.04. The van der Waals surface area contributed by atoms with Gasteiger partial charge in [0, 0.05) is 6.07 Å². The van der Waals surface area contributed by atoms with Crippen LogP contribution in [0.15, 0.2) is 27.4 Å². The van der Waals surface area contributed by atoms with E-state index in [1.165, 1.54) is 6.07 Å². The van der Waals surface area contributed by atoms with Gasteiger partial charge in [-0.25, -0.2) is 4.79 Å². The Hall–Kier alpha value is -1.51. The standard InChI is InChI=1S/C8H6O3/c9-8-4-3-6-7(11-8)2-1-5-10-6/h1-4H,5H2. The minimum absolute atomic E-state index is 0.348. The molecule has 0 amide bonds. The third kappa shape index (κ3) is 1.05. The van der Waals surface area contributed by atoms with Crippen LogP contribution in [0.4, 0.5) is 0 Å². The number of rotatable bonds is 0. The van der Waals surface area contributed by atoms with Crippen LogP contribution in [-0.4, -0.2) is 6.61 Å². The van der Waals surface area contributed by atoms with Crippen LogP contribution in [0, 0.1) is 0 Å². The molecule has 0 saturated carbocycles. The van der Waals surface area contributed by atoms with Gasteiger partial charge in [0.05, 0.1) is 0 Å². The summed E-state index contributed by atoms with van der Waals surface area (Å²) in [4.78, 5) is 10.7. The van der Waals surface area contributed by atoms with Crippen LogP contribution in [0.25, 0.3) is 6.08 Å². The van der Waals surface area contributed by atoms with Crippen molar-refractivity contribution in [3.8, 4) is 5.75 Å². The van der Waals surface area contributed by atoms with E-state index >= 15 is 0 Å². The van der Waals surface area contributed by atoms with E-state index < -0.39 is 0 Å². The predicted molar refractivity (Wildman–Crippen MR) is 39.5 cm³/mol. The third-order valence-corrected chi connectivity index (χ3v) is 1.43. The van der Waals surface area contributed by atoms with E-state index in [1.54, 1.807) is 18.2 Å². The van der Waals surface area contributed by atoms with Crippen LogP contribution in [0.5, 0.6) is 5.75 Å². The molecular formula is C8H6O3. The van der Waals surface area contributed by atoms with Gasteiger partial charge >= 0.3 is 5.63 Å². The fraction of sp³-hybridized carbons (Fsp3) is 0.125. The van der Waals surface area contributed by atoms with Crippen molar-refractivity contribution in [3.63, 3.8) is 0 Å². The predicted octanol–water partition coefficient (Wildman–Crippen LogP) is 1.05. The van der Waals surface area contributed by atoms with Crippen molar-refractivity contribution in [1.82, 2.24) is 0 Å². The average Bonchev–Trinajstić information content (AvgIpc) is 2.04. The monoisotopic (exact) mass is 150 g/mol. The van der Waals surface area contributed by atoms with Crippen molar-refractivity contribution in [2.75, 3.05) is 6.61 Å². The highest BCUT2D eigenvalue weighted by Gasteiger charge is 2.06. The third-order valence-electron chi connectivity index (χ3n) is 1.43. The highest BCUT2D eigenvalue weighted by Crippen LogP contribution is 2.20. The maximum atomic E-state index is 10.7. The Bertz CT molecular complexity index is 349. The fourth-order valence-electron chi connectivity index (χ4n) is 0.947. The summed E-state index contributed by atoms with van der Waals surface area (Å²) in [5.74, 6) is 1.14. The molecular weight excluding hydrogens is 144 g/mol. The Morgan fingerprint density at radius 1 is 1.36 bits per heavy atom. The van der Waals surface area contributed by atoms with Crippen LogP contribution >= 0.6 is 0 Å². The van der Waals surface area contributed by atoms with Gasteiger partial charge in [0.25, 0.3) is 0 Å². The second-order valence-corrected chi connectivity index (χ2v) is 2.20. The molecule has 0 saturated heterocycles. The molecule has 0 atom stereocenters. The van der Waals surface area contributed by atoms with E-state index in [0.717, 1.165) is 0 Å². The van der Waals surface area contributed by atoms with Crippen LogP contribution in [0.2, 0.25) is 0 Å². The van der Waals surface area contributed by atoms with Crippen LogP contribution < -0.4 is 10.4 Å². The zero-order valence-electron chi connectivity index (χ0n) is 5.74. The summed E-state index contributed by atoms with van der Waals surface area (Å²) in [6, 6.07) is 2.96. The zero-order chi connectivity index (χ0) is 7.68. The molecule has 1 aromatic rings. The number of hydrogen-bond donors (Lipinski definition) is 0. The highest BCUT2D eigenvalue weighted by atomic mass is 16.5. The molecule has 3 heteroatoms. The highest BCUT2D eigenvalue weighted by molar-refractivity contribution is 5.52. The van der Waals surface area contributed by atoms with Gasteiger partial charge in [0.2, 0.25) is 0 Å². The minimum Gasteiger partial charge on any atom is -0.486 e. The first kappa shape index (κ1) is 6.22. The SMILES string of the molecule is O=c1ccc2c(o1)C=CCO2. The lowest BCUT2D eigenvalue weighted by atomic mass is 10.3. The minimum atomic E-state index is -0.348. The van der Waals surface area contributed by atoms with Crippen molar-refractivity contribution in [2.45, 2.75) is 0 Å². The Morgan fingerprint density at radius 3 is 3.18 bits per heavy atom. The Balaban J connectivity index is 2.63. The first-order valence-corrected chi connectivity index (χ1v) is 3.30. The van der Waals surface area contributed by atoms with Gasteiger partial charge < -0.3 is 9.15 Å². The van der Waals surface area contributed by atoms with Gasteiger partial charge in [-0.05, 0) is 18.2 Å². The van der Waals surface area contributed by atoms with Gasteiger partial charge in [0.15, 0.2) is 11.5 Å². The van der Waals surface area contributed by atoms with E-state index in [2.05, 4.69) is 0 Å². The van der Waals surface area contributed by atoms with E-state index in [1.807, 2.05) is 0 Å². The fourth-order valence-corrected chi connectivity index (χ4v) is 0.947. The quantitative estimate of drug-likeness (QED) is 0.554. The van der Waals surface area contributed by atoms with E-state index in [0.29, 0.717) is 18.1 Å². The number of fused-ring (bicyclic) bond motifs is 1. The maximum absolute atomic E-state index is 10.7. The summed E-state index contributed by atoms with van der Waals surface area (Å²) in [5.41, 5.74) is -0.348. The van der Waals surface area contributed by atoms with Crippen molar-refractivity contribution >= 4 is 6.08 Å². The first-order chi connectivity index (χ1) is 5.36. The van der Waals surface area contributed by atoms with Crippen LogP contribution in [0.1, 0.15) is 5.76 Å². The van der Waals surface area contributed by atoms with Gasteiger partial charge in [-0.2, -0.15) is 0 Å². The summed E-state index contributed by atoms with van der Waals surface area (Å²) >= 11 is 0. The summed E-state index contributed by atoms with van der Waals surface area (Å²) in [7, 11) is 0.